The molecule has 1 aromatic carbocycles. The molecular weight excluding hydrogens is 251 g/mol. The Morgan fingerprint density at radius 1 is 1.33 bits per heavy atom. The lowest BCUT2D eigenvalue weighted by atomic mass is 10.1. The van der Waals surface area contributed by atoms with Crippen LogP contribution in [-0.4, -0.2) is 36.4 Å². The molecule has 1 aromatic rings. The van der Waals surface area contributed by atoms with Crippen LogP contribution in [0.4, 0.5) is 13.2 Å². The average molecular weight is 263 g/mol. The number of carboxylic acid groups (broad SMARTS) is 1. The van der Waals surface area contributed by atoms with E-state index in [9.17, 15) is 18.0 Å². The van der Waals surface area contributed by atoms with Gasteiger partial charge >= 0.3 is 12.3 Å². The Hall–Kier alpha value is -1.76. The molecule has 4 nitrogen and oxygen atoms in total. The highest BCUT2D eigenvalue weighted by atomic mass is 19.4. The van der Waals surface area contributed by atoms with Crippen molar-refractivity contribution in [1.29, 1.82) is 0 Å². The standard InChI is InChI=1S/C11H12F3NO3/c1-15(2)9(10(16)17)7-5-3-4-6-8(7)18-11(12,13)14/h3-6,9H,1-2H3,(H,16,17). The van der Waals surface area contributed by atoms with Crippen LogP contribution in [0.3, 0.4) is 0 Å². The van der Waals surface area contributed by atoms with Crippen LogP contribution in [0.5, 0.6) is 5.75 Å². The van der Waals surface area contributed by atoms with Crippen molar-refractivity contribution >= 4 is 5.97 Å². The second-order valence-electron chi connectivity index (χ2n) is 3.79. The quantitative estimate of drug-likeness (QED) is 0.905. The minimum absolute atomic E-state index is 0.0488. The SMILES string of the molecule is CN(C)C(C(=O)O)c1ccccc1OC(F)(F)F. The molecule has 0 aliphatic carbocycles. The zero-order valence-electron chi connectivity index (χ0n) is 9.73. The number of hydrogen-bond acceptors (Lipinski definition) is 3. The molecule has 0 aliphatic rings. The van der Waals surface area contributed by atoms with E-state index in [1.807, 2.05) is 0 Å². The number of alkyl halides is 3. The maximum Gasteiger partial charge on any atom is 0.573 e. The Balaban J connectivity index is 3.18. The number of benzene rings is 1. The van der Waals surface area contributed by atoms with Crippen LogP contribution >= 0.6 is 0 Å². The van der Waals surface area contributed by atoms with Crippen molar-refractivity contribution in [2.45, 2.75) is 12.4 Å². The molecule has 0 aromatic heterocycles. The van der Waals surface area contributed by atoms with Gasteiger partial charge in [0.25, 0.3) is 0 Å². The molecule has 1 atom stereocenters. The number of halogens is 3. The molecule has 7 heteroatoms. The summed E-state index contributed by atoms with van der Waals surface area (Å²) in [5.41, 5.74) is -0.0488. The summed E-state index contributed by atoms with van der Waals surface area (Å²) in [6, 6.07) is 3.97. The molecule has 0 heterocycles. The number of ether oxygens (including phenoxy) is 1. The van der Waals surface area contributed by atoms with E-state index < -0.39 is 24.1 Å². The molecular formula is C11H12F3NO3. The van der Waals surface area contributed by atoms with Crippen LogP contribution in [0.15, 0.2) is 24.3 Å². The van der Waals surface area contributed by atoms with Crippen LogP contribution in [0, 0.1) is 0 Å². The molecule has 0 saturated carbocycles. The van der Waals surface area contributed by atoms with E-state index in [-0.39, 0.29) is 5.56 Å². The van der Waals surface area contributed by atoms with Crippen molar-refractivity contribution in [2.75, 3.05) is 14.1 Å². The number of carboxylic acids is 1. The summed E-state index contributed by atoms with van der Waals surface area (Å²) in [4.78, 5) is 12.4. The van der Waals surface area contributed by atoms with Crippen molar-refractivity contribution in [3.8, 4) is 5.75 Å². The molecule has 0 spiro atoms. The zero-order chi connectivity index (χ0) is 13.9. The lowest BCUT2D eigenvalue weighted by Gasteiger charge is -2.23. The van der Waals surface area contributed by atoms with E-state index in [1.165, 1.54) is 37.2 Å². The number of nitrogens with zero attached hydrogens (tertiary/aromatic N) is 1. The highest BCUT2D eigenvalue weighted by Gasteiger charge is 2.34. The van der Waals surface area contributed by atoms with Crippen molar-refractivity contribution < 1.29 is 27.8 Å². The van der Waals surface area contributed by atoms with Gasteiger partial charge in [-0.05, 0) is 20.2 Å². The zero-order valence-corrected chi connectivity index (χ0v) is 9.73. The summed E-state index contributed by atoms with van der Waals surface area (Å²) in [5, 5.41) is 9.04. The smallest absolute Gasteiger partial charge is 0.480 e. The fourth-order valence-corrected chi connectivity index (χ4v) is 1.56. The van der Waals surface area contributed by atoms with Gasteiger partial charge in [-0.3, -0.25) is 9.69 Å². The van der Waals surface area contributed by atoms with Crippen LogP contribution in [0.25, 0.3) is 0 Å². The monoisotopic (exact) mass is 263 g/mol. The van der Waals surface area contributed by atoms with Crippen LogP contribution < -0.4 is 4.74 Å². The fraction of sp³-hybridized carbons (Fsp3) is 0.364. The molecule has 0 aliphatic heterocycles. The van der Waals surface area contributed by atoms with Gasteiger partial charge in [-0.2, -0.15) is 0 Å². The molecule has 1 rings (SSSR count). The first-order chi connectivity index (χ1) is 8.22. The largest absolute Gasteiger partial charge is 0.573 e. The predicted molar refractivity (Wildman–Crippen MR) is 57.2 cm³/mol. The number of hydrogen-bond donors (Lipinski definition) is 1. The number of likely N-dealkylation sites (N-methyl/N-ethyl adjacent to an activating group) is 1. The Labute approximate surface area is 102 Å². The maximum absolute atomic E-state index is 12.2. The first-order valence-corrected chi connectivity index (χ1v) is 4.96. The predicted octanol–water partition coefficient (Wildman–Crippen LogP) is 2.27. The van der Waals surface area contributed by atoms with Crippen molar-refractivity contribution in [3.63, 3.8) is 0 Å². The van der Waals surface area contributed by atoms with E-state index in [1.54, 1.807) is 0 Å². The summed E-state index contributed by atoms with van der Waals surface area (Å²) < 4.78 is 40.4. The number of aliphatic carboxylic acids is 1. The minimum Gasteiger partial charge on any atom is -0.480 e. The number of carbonyl (C=O) groups is 1. The second-order valence-corrected chi connectivity index (χ2v) is 3.79. The average Bonchev–Trinajstić information content (AvgIpc) is 2.17. The third-order valence-corrected chi connectivity index (χ3v) is 2.19. The van der Waals surface area contributed by atoms with E-state index in [0.717, 1.165) is 6.07 Å². The van der Waals surface area contributed by atoms with Gasteiger partial charge in [0, 0.05) is 5.56 Å². The lowest BCUT2D eigenvalue weighted by molar-refractivity contribution is -0.275. The van der Waals surface area contributed by atoms with E-state index >= 15 is 0 Å². The van der Waals surface area contributed by atoms with Gasteiger partial charge in [-0.15, -0.1) is 13.2 Å². The first kappa shape index (κ1) is 14.3. The van der Waals surface area contributed by atoms with Crippen LogP contribution in [0.1, 0.15) is 11.6 Å². The lowest BCUT2D eigenvalue weighted by Crippen LogP contribution is -2.29. The van der Waals surface area contributed by atoms with Crippen molar-refractivity contribution in [1.82, 2.24) is 4.90 Å². The Morgan fingerprint density at radius 3 is 2.33 bits per heavy atom. The molecule has 0 radical (unpaired) electrons. The highest BCUT2D eigenvalue weighted by molar-refractivity contribution is 5.76. The molecule has 0 bridgehead atoms. The number of rotatable bonds is 4. The normalized spacial score (nSPS) is 13.4. The van der Waals surface area contributed by atoms with E-state index in [4.69, 9.17) is 5.11 Å². The second kappa shape index (κ2) is 5.26. The summed E-state index contributed by atoms with van der Waals surface area (Å²) in [6.07, 6.45) is -4.86. The maximum atomic E-state index is 12.2. The number of para-hydroxylation sites is 1. The molecule has 18 heavy (non-hydrogen) atoms. The third kappa shape index (κ3) is 3.63. The van der Waals surface area contributed by atoms with Gasteiger partial charge < -0.3 is 9.84 Å². The summed E-state index contributed by atoms with van der Waals surface area (Å²) in [5.74, 6) is -1.76. The van der Waals surface area contributed by atoms with Crippen LogP contribution in [0.2, 0.25) is 0 Å². The van der Waals surface area contributed by atoms with E-state index in [2.05, 4.69) is 4.74 Å². The van der Waals surface area contributed by atoms with Gasteiger partial charge in [-0.1, -0.05) is 18.2 Å². The van der Waals surface area contributed by atoms with Crippen LogP contribution in [-0.2, 0) is 4.79 Å². The molecule has 0 saturated heterocycles. The Bertz CT molecular complexity index is 432. The Morgan fingerprint density at radius 2 is 1.89 bits per heavy atom. The summed E-state index contributed by atoms with van der Waals surface area (Å²) in [7, 11) is 2.92. The van der Waals surface area contributed by atoms with Gasteiger partial charge in [-0.25, -0.2) is 0 Å². The van der Waals surface area contributed by atoms with Gasteiger partial charge in [0.1, 0.15) is 11.8 Å². The fourth-order valence-electron chi connectivity index (χ4n) is 1.56. The summed E-state index contributed by atoms with van der Waals surface area (Å²) >= 11 is 0. The molecule has 1 unspecified atom stereocenters. The van der Waals surface area contributed by atoms with Crippen molar-refractivity contribution in [2.24, 2.45) is 0 Å². The Kier molecular flexibility index (Phi) is 4.18. The molecule has 0 amide bonds. The summed E-state index contributed by atoms with van der Waals surface area (Å²) in [6.45, 7) is 0. The van der Waals surface area contributed by atoms with Gasteiger partial charge in [0.05, 0.1) is 0 Å². The van der Waals surface area contributed by atoms with Gasteiger partial charge in [0.15, 0.2) is 0 Å². The van der Waals surface area contributed by atoms with E-state index in [0.29, 0.717) is 0 Å². The van der Waals surface area contributed by atoms with Crippen molar-refractivity contribution in [3.05, 3.63) is 29.8 Å². The third-order valence-electron chi connectivity index (χ3n) is 2.19. The molecule has 100 valence electrons. The molecule has 1 N–H and O–H groups in total. The first-order valence-electron chi connectivity index (χ1n) is 4.96. The topological polar surface area (TPSA) is 49.8 Å². The highest BCUT2D eigenvalue weighted by Crippen LogP contribution is 2.32. The minimum atomic E-state index is -4.86. The van der Waals surface area contributed by atoms with Gasteiger partial charge in [0.2, 0.25) is 0 Å². The molecule has 0 fully saturated rings.